The Morgan fingerprint density at radius 1 is 1.31 bits per heavy atom. The minimum atomic E-state index is -3.42. The molecular formula is C10H10BrNO2S2. The molecule has 0 radical (unpaired) electrons. The second-order valence-corrected chi connectivity index (χ2v) is 8.02. The summed E-state index contributed by atoms with van der Waals surface area (Å²) in [5.74, 6) is 0. The Labute approximate surface area is 107 Å². The minimum Gasteiger partial charge on any atom is -0.245 e. The van der Waals surface area contributed by atoms with E-state index in [-0.39, 0.29) is 0 Å². The quantitative estimate of drug-likeness (QED) is 0.852. The molecule has 16 heavy (non-hydrogen) atoms. The molecule has 0 aliphatic carbocycles. The van der Waals surface area contributed by atoms with Crippen LogP contribution in [0.25, 0.3) is 0 Å². The second-order valence-electron chi connectivity index (χ2n) is 3.52. The molecule has 2 aromatic rings. The van der Waals surface area contributed by atoms with Crippen LogP contribution in [0.2, 0.25) is 0 Å². The zero-order valence-corrected chi connectivity index (χ0v) is 12.0. The third kappa shape index (κ3) is 1.97. The van der Waals surface area contributed by atoms with E-state index < -0.39 is 10.0 Å². The standard InChI is InChI=1S/C10H10BrNO2S2/c1-7-5-8(2)12(6-7)16(13,14)10-4-3-9(11)15-10/h3-6H,1-2H3. The topological polar surface area (TPSA) is 39.1 Å². The smallest absolute Gasteiger partial charge is 0.245 e. The highest BCUT2D eigenvalue weighted by atomic mass is 79.9. The van der Waals surface area contributed by atoms with E-state index in [0.717, 1.165) is 15.0 Å². The second kappa shape index (κ2) is 4.01. The largest absolute Gasteiger partial charge is 0.277 e. The van der Waals surface area contributed by atoms with Gasteiger partial charge < -0.3 is 0 Å². The monoisotopic (exact) mass is 319 g/mol. The first-order valence-corrected chi connectivity index (χ1v) is 7.63. The van der Waals surface area contributed by atoms with Crippen molar-refractivity contribution in [2.75, 3.05) is 0 Å². The molecule has 0 aliphatic rings. The molecule has 2 rings (SSSR count). The molecule has 0 N–H and O–H groups in total. The van der Waals surface area contributed by atoms with Crippen LogP contribution in [-0.4, -0.2) is 12.4 Å². The number of thiophene rings is 1. The third-order valence-corrected chi connectivity index (χ3v) is 6.02. The molecule has 3 nitrogen and oxygen atoms in total. The van der Waals surface area contributed by atoms with Crippen molar-refractivity contribution in [2.24, 2.45) is 0 Å². The van der Waals surface area contributed by atoms with Crippen LogP contribution in [0, 0.1) is 13.8 Å². The van der Waals surface area contributed by atoms with Gasteiger partial charge in [0, 0.05) is 11.9 Å². The van der Waals surface area contributed by atoms with Gasteiger partial charge in [-0.05, 0) is 53.5 Å². The molecule has 0 aromatic carbocycles. The van der Waals surface area contributed by atoms with Crippen molar-refractivity contribution in [1.29, 1.82) is 0 Å². The van der Waals surface area contributed by atoms with Gasteiger partial charge in [0.15, 0.2) is 0 Å². The van der Waals surface area contributed by atoms with Crippen molar-refractivity contribution in [3.8, 4) is 0 Å². The molecule has 0 aliphatic heterocycles. The maximum absolute atomic E-state index is 12.2. The summed E-state index contributed by atoms with van der Waals surface area (Å²) in [6.45, 7) is 3.66. The van der Waals surface area contributed by atoms with Gasteiger partial charge >= 0.3 is 0 Å². The van der Waals surface area contributed by atoms with Crippen molar-refractivity contribution >= 4 is 37.3 Å². The van der Waals surface area contributed by atoms with Crippen LogP contribution in [0.1, 0.15) is 11.3 Å². The number of hydrogen-bond donors (Lipinski definition) is 0. The van der Waals surface area contributed by atoms with E-state index in [1.807, 2.05) is 13.0 Å². The van der Waals surface area contributed by atoms with Crippen LogP contribution >= 0.6 is 27.3 Å². The molecule has 0 fully saturated rings. The predicted molar refractivity (Wildman–Crippen MR) is 68.5 cm³/mol. The molecule has 0 amide bonds. The van der Waals surface area contributed by atoms with Gasteiger partial charge in [-0.25, -0.2) is 3.97 Å². The number of aromatic nitrogens is 1. The number of halogens is 1. The number of rotatable bonds is 2. The molecule has 0 saturated carbocycles. The first-order valence-electron chi connectivity index (χ1n) is 4.58. The van der Waals surface area contributed by atoms with Crippen LogP contribution in [0.5, 0.6) is 0 Å². The summed E-state index contributed by atoms with van der Waals surface area (Å²) in [6.07, 6.45) is 1.64. The molecule has 86 valence electrons. The van der Waals surface area contributed by atoms with Crippen molar-refractivity contribution in [1.82, 2.24) is 3.97 Å². The van der Waals surface area contributed by atoms with Crippen molar-refractivity contribution in [3.05, 3.63) is 39.4 Å². The molecule has 0 bridgehead atoms. The van der Waals surface area contributed by atoms with Gasteiger partial charge in [0.25, 0.3) is 10.0 Å². The van der Waals surface area contributed by atoms with Gasteiger partial charge in [-0.2, -0.15) is 8.42 Å². The average Bonchev–Trinajstić information content (AvgIpc) is 2.73. The Bertz CT molecular complexity index is 625. The molecule has 2 aromatic heterocycles. The van der Waals surface area contributed by atoms with Crippen LogP contribution in [0.4, 0.5) is 0 Å². The lowest BCUT2D eigenvalue weighted by atomic mass is 10.4. The van der Waals surface area contributed by atoms with Crippen LogP contribution in [-0.2, 0) is 10.0 Å². The lowest BCUT2D eigenvalue weighted by Gasteiger charge is -2.05. The molecule has 2 heterocycles. The van der Waals surface area contributed by atoms with Gasteiger partial charge in [0.05, 0.1) is 3.79 Å². The van der Waals surface area contributed by atoms with E-state index in [1.54, 1.807) is 25.3 Å². The molecule has 6 heteroatoms. The highest BCUT2D eigenvalue weighted by Crippen LogP contribution is 2.28. The van der Waals surface area contributed by atoms with Crippen LogP contribution in [0.3, 0.4) is 0 Å². The van der Waals surface area contributed by atoms with E-state index in [0.29, 0.717) is 4.21 Å². The van der Waals surface area contributed by atoms with Crippen molar-refractivity contribution in [3.63, 3.8) is 0 Å². The predicted octanol–water partition coefficient (Wildman–Crippen LogP) is 3.17. The van der Waals surface area contributed by atoms with E-state index >= 15 is 0 Å². The highest BCUT2D eigenvalue weighted by Gasteiger charge is 2.20. The molecule has 0 atom stereocenters. The van der Waals surface area contributed by atoms with E-state index in [4.69, 9.17) is 0 Å². The lowest BCUT2D eigenvalue weighted by Crippen LogP contribution is -2.11. The van der Waals surface area contributed by atoms with Gasteiger partial charge in [-0.1, -0.05) is 0 Å². The third-order valence-electron chi connectivity index (χ3n) is 2.17. The summed E-state index contributed by atoms with van der Waals surface area (Å²) in [7, 11) is -3.42. The van der Waals surface area contributed by atoms with Crippen molar-refractivity contribution < 1.29 is 8.42 Å². The number of aryl methyl sites for hydroxylation is 2. The maximum Gasteiger partial charge on any atom is 0.277 e. The first-order chi connectivity index (χ1) is 7.41. The van der Waals surface area contributed by atoms with E-state index in [9.17, 15) is 8.42 Å². The highest BCUT2D eigenvalue weighted by molar-refractivity contribution is 9.11. The molecule has 0 saturated heterocycles. The Morgan fingerprint density at radius 2 is 2.00 bits per heavy atom. The SMILES string of the molecule is Cc1cc(C)n(S(=O)(=O)c2ccc(Br)s2)c1. The lowest BCUT2D eigenvalue weighted by molar-refractivity contribution is 0.588. The average molecular weight is 320 g/mol. The fourth-order valence-corrected chi connectivity index (χ4v) is 5.05. The molecular weight excluding hydrogens is 310 g/mol. The first kappa shape index (κ1) is 11.9. The summed E-state index contributed by atoms with van der Waals surface area (Å²) in [5, 5.41) is 0. The summed E-state index contributed by atoms with van der Waals surface area (Å²) >= 11 is 4.48. The summed E-state index contributed by atoms with van der Waals surface area (Å²) in [5.41, 5.74) is 1.67. The van der Waals surface area contributed by atoms with Gasteiger partial charge in [-0.15, -0.1) is 11.3 Å². The fraction of sp³-hybridized carbons (Fsp3) is 0.200. The maximum atomic E-state index is 12.2. The van der Waals surface area contributed by atoms with Crippen LogP contribution in [0.15, 0.2) is 32.4 Å². The Hall–Kier alpha value is -0.590. The van der Waals surface area contributed by atoms with E-state index in [1.165, 1.54) is 15.3 Å². The Morgan fingerprint density at radius 3 is 2.44 bits per heavy atom. The Kier molecular flexibility index (Phi) is 2.98. The van der Waals surface area contributed by atoms with Gasteiger partial charge in [0.1, 0.15) is 4.21 Å². The Balaban J connectivity index is 2.59. The normalized spacial score (nSPS) is 11.9. The number of hydrogen-bond acceptors (Lipinski definition) is 3. The minimum absolute atomic E-state index is 0.345. The van der Waals surface area contributed by atoms with Crippen molar-refractivity contribution in [2.45, 2.75) is 18.1 Å². The summed E-state index contributed by atoms with van der Waals surface area (Å²) in [4.78, 5) is 0. The molecule has 0 unspecified atom stereocenters. The van der Waals surface area contributed by atoms with E-state index in [2.05, 4.69) is 15.9 Å². The fourth-order valence-electron chi connectivity index (χ4n) is 1.51. The molecule has 0 spiro atoms. The van der Waals surface area contributed by atoms with Crippen LogP contribution < -0.4 is 0 Å². The zero-order valence-electron chi connectivity index (χ0n) is 8.77. The van der Waals surface area contributed by atoms with Gasteiger partial charge in [-0.3, -0.25) is 0 Å². The van der Waals surface area contributed by atoms with Gasteiger partial charge in [0.2, 0.25) is 0 Å². The number of nitrogens with zero attached hydrogens (tertiary/aromatic N) is 1. The zero-order chi connectivity index (χ0) is 11.9. The summed E-state index contributed by atoms with van der Waals surface area (Å²) < 4.78 is 26.9. The summed E-state index contributed by atoms with van der Waals surface area (Å²) in [6, 6.07) is 5.20.